The summed E-state index contributed by atoms with van der Waals surface area (Å²) in [5, 5.41) is 0. The van der Waals surface area contributed by atoms with Crippen LogP contribution < -0.4 is 0 Å². The molecule has 0 aromatic rings. The van der Waals surface area contributed by atoms with Crippen molar-refractivity contribution in [3.05, 3.63) is 12.3 Å². The van der Waals surface area contributed by atoms with Crippen LogP contribution in [0.25, 0.3) is 0 Å². The van der Waals surface area contributed by atoms with Crippen molar-refractivity contribution in [1.82, 2.24) is 4.90 Å². The zero-order chi connectivity index (χ0) is 12.8. The second-order valence-electron chi connectivity index (χ2n) is 6.04. The minimum atomic E-state index is 0.358. The highest BCUT2D eigenvalue weighted by molar-refractivity contribution is 4.97. The van der Waals surface area contributed by atoms with Crippen LogP contribution in [0.15, 0.2) is 12.3 Å². The van der Waals surface area contributed by atoms with Crippen molar-refractivity contribution in [2.75, 3.05) is 20.7 Å². The average Bonchev–Trinajstić information content (AvgIpc) is 2.74. The maximum absolute atomic E-state index is 5.91. The van der Waals surface area contributed by atoms with E-state index < -0.39 is 0 Å². The van der Waals surface area contributed by atoms with Crippen molar-refractivity contribution in [2.45, 2.75) is 52.0 Å². The summed E-state index contributed by atoms with van der Waals surface area (Å²) in [7, 11) is 4.22. The molecule has 100 valence electrons. The van der Waals surface area contributed by atoms with Crippen molar-refractivity contribution in [3.63, 3.8) is 0 Å². The Balaban J connectivity index is 2.35. The van der Waals surface area contributed by atoms with E-state index in [0.29, 0.717) is 12.0 Å². The van der Waals surface area contributed by atoms with Gasteiger partial charge < -0.3 is 4.74 Å². The predicted molar refractivity (Wildman–Crippen MR) is 74.0 cm³/mol. The molecule has 1 aliphatic rings. The summed E-state index contributed by atoms with van der Waals surface area (Å²) in [4.78, 5) is 2.22. The smallest absolute Gasteiger partial charge is 0.106 e. The molecule has 2 nitrogen and oxygen atoms in total. The number of ether oxygens (including phenoxy) is 1. The lowest BCUT2D eigenvalue weighted by atomic mass is 10.0. The quantitative estimate of drug-likeness (QED) is 0.628. The molecule has 0 N–H and O–H groups in total. The minimum absolute atomic E-state index is 0.358. The maximum atomic E-state index is 5.91. The van der Waals surface area contributed by atoms with Gasteiger partial charge in [-0.05, 0) is 45.2 Å². The number of hydrogen-bond donors (Lipinski definition) is 0. The van der Waals surface area contributed by atoms with Gasteiger partial charge >= 0.3 is 0 Å². The lowest BCUT2D eigenvalue weighted by molar-refractivity contribution is 0.116. The van der Waals surface area contributed by atoms with Crippen LogP contribution in [-0.2, 0) is 4.74 Å². The molecule has 0 saturated heterocycles. The van der Waals surface area contributed by atoms with Crippen LogP contribution in [-0.4, -0.2) is 31.6 Å². The molecular formula is C15H29NO. The van der Waals surface area contributed by atoms with Gasteiger partial charge in [-0.3, -0.25) is 4.90 Å². The molecule has 17 heavy (non-hydrogen) atoms. The van der Waals surface area contributed by atoms with Gasteiger partial charge in [0.25, 0.3) is 0 Å². The molecule has 1 unspecified atom stereocenters. The molecule has 0 heterocycles. The Bertz CT molecular complexity index is 229. The van der Waals surface area contributed by atoms with Crippen molar-refractivity contribution in [1.29, 1.82) is 0 Å². The van der Waals surface area contributed by atoms with Gasteiger partial charge in [0.2, 0.25) is 0 Å². The Kier molecular flexibility index (Phi) is 6.04. The van der Waals surface area contributed by atoms with Gasteiger partial charge in [-0.1, -0.05) is 33.3 Å². The second kappa shape index (κ2) is 7.05. The van der Waals surface area contributed by atoms with E-state index in [1.165, 1.54) is 25.7 Å². The second-order valence-corrected chi connectivity index (χ2v) is 6.04. The molecule has 0 aromatic heterocycles. The van der Waals surface area contributed by atoms with Crippen LogP contribution in [0.4, 0.5) is 0 Å². The first-order valence-electron chi connectivity index (χ1n) is 6.98. The van der Waals surface area contributed by atoms with Gasteiger partial charge in [0.1, 0.15) is 5.76 Å². The van der Waals surface area contributed by atoms with Crippen LogP contribution in [0.5, 0.6) is 0 Å². The van der Waals surface area contributed by atoms with Crippen molar-refractivity contribution >= 4 is 0 Å². The van der Waals surface area contributed by atoms with Gasteiger partial charge in [0, 0.05) is 0 Å². The van der Waals surface area contributed by atoms with Gasteiger partial charge in [-0.15, -0.1) is 0 Å². The average molecular weight is 239 g/mol. The van der Waals surface area contributed by atoms with Gasteiger partial charge in [-0.2, -0.15) is 0 Å². The predicted octanol–water partition coefficient (Wildman–Crippen LogP) is 3.68. The summed E-state index contributed by atoms with van der Waals surface area (Å²) in [5.74, 6) is 2.40. The summed E-state index contributed by atoms with van der Waals surface area (Å²) < 4.78 is 5.91. The van der Waals surface area contributed by atoms with E-state index in [1.54, 1.807) is 0 Å². The summed E-state index contributed by atoms with van der Waals surface area (Å²) in [6.45, 7) is 9.50. The molecule has 0 spiro atoms. The van der Waals surface area contributed by atoms with Crippen molar-refractivity contribution in [3.8, 4) is 0 Å². The first-order valence-corrected chi connectivity index (χ1v) is 6.98. The molecular weight excluding hydrogens is 210 g/mol. The van der Waals surface area contributed by atoms with Crippen LogP contribution in [0.2, 0.25) is 0 Å². The molecule has 1 rings (SSSR count). The molecule has 0 radical (unpaired) electrons. The van der Waals surface area contributed by atoms with Gasteiger partial charge in [0.05, 0.1) is 12.6 Å². The first kappa shape index (κ1) is 14.6. The fraction of sp³-hybridized carbons (Fsp3) is 0.867. The Hall–Kier alpha value is -0.500. The fourth-order valence-corrected chi connectivity index (χ4v) is 2.57. The zero-order valence-electron chi connectivity index (χ0n) is 12.0. The van der Waals surface area contributed by atoms with E-state index in [-0.39, 0.29) is 0 Å². The molecule has 1 atom stereocenters. The Morgan fingerprint density at radius 3 is 2.35 bits per heavy atom. The van der Waals surface area contributed by atoms with Gasteiger partial charge in [0.15, 0.2) is 0 Å². The fourth-order valence-electron chi connectivity index (χ4n) is 2.57. The number of hydrogen-bond acceptors (Lipinski definition) is 2. The van der Waals surface area contributed by atoms with E-state index in [4.69, 9.17) is 4.74 Å². The first-order chi connectivity index (χ1) is 8.00. The number of rotatable bonds is 7. The normalized spacial score (nSPS) is 18.9. The Morgan fingerprint density at radius 1 is 1.29 bits per heavy atom. The van der Waals surface area contributed by atoms with E-state index in [1.807, 2.05) is 0 Å². The van der Waals surface area contributed by atoms with Crippen LogP contribution in [0.3, 0.4) is 0 Å². The topological polar surface area (TPSA) is 12.5 Å². The highest BCUT2D eigenvalue weighted by atomic mass is 16.5. The van der Waals surface area contributed by atoms with Crippen molar-refractivity contribution < 1.29 is 4.74 Å². The van der Waals surface area contributed by atoms with Gasteiger partial charge in [-0.25, -0.2) is 0 Å². The van der Waals surface area contributed by atoms with Crippen LogP contribution >= 0.6 is 0 Å². The third kappa shape index (κ3) is 5.12. The monoisotopic (exact) mass is 239 g/mol. The zero-order valence-corrected chi connectivity index (χ0v) is 12.0. The van der Waals surface area contributed by atoms with Crippen LogP contribution in [0.1, 0.15) is 46.0 Å². The minimum Gasteiger partial charge on any atom is -0.497 e. The Labute approximate surface area is 107 Å². The summed E-state index contributed by atoms with van der Waals surface area (Å²) >= 11 is 0. The maximum Gasteiger partial charge on any atom is 0.106 e. The molecule has 0 aliphatic heterocycles. The van der Waals surface area contributed by atoms with E-state index in [0.717, 1.165) is 24.7 Å². The standard InChI is InChI=1S/C15H29NO/c1-12(2)10-15(16(4)5)13(3)17-11-14-8-6-7-9-14/h12,14-15H,3,6-11H2,1-2,4-5H3. The SMILES string of the molecule is C=C(OCC1CCCC1)C(CC(C)C)N(C)C. The van der Waals surface area contributed by atoms with E-state index >= 15 is 0 Å². The largest absolute Gasteiger partial charge is 0.497 e. The molecule has 1 aliphatic carbocycles. The third-order valence-electron chi connectivity index (χ3n) is 3.67. The highest BCUT2D eigenvalue weighted by Gasteiger charge is 2.20. The van der Waals surface area contributed by atoms with Crippen LogP contribution in [0, 0.1) is 11.8 Å². The summed E-state index contributed by atoms with van der Waals surface area (Å²) in [5.41, 5.74) is 0. The summed E-state index contributed by atoms with van der Waals surface area (Å²) in [6, 6.07) is 0.358. The lowest BCUT2D eigenvalue weighted by Gasteiger charge is -2.28. The highest BCUT2D eigenvalue weighted by Crippen LogP contribution is 2.26. The number of nitrogens with zero attached hydrogens (tertiary/aromatic N) is 1. The third-order valence-corrected chi connectivity index (χ3v) is 3.67. The molecule has 1 fully saturated rings. The van der Waals surface area contributed by atoms with E-state index in [9.17, 15) is 0 Å². The molecule has 0 aromatic carbocycles. The molecule has 2 heteroatoms. The van der Waals surface area contributed by atoms with E-state index in [2.05, 4.69) is 39.4 Å². The Morgan fingerprint density at radius 2 is 1.88 bits per heavy atom. The molecule has 1 saturated carbocycles. The van der Waals surface area contributed by atoms with Crippen molar-refractivity contribution in [2.24, 2.45) is 11.8 Å². The molecule has 0 bridgehead atoms. The lowest BCUT2D eigenvalue weighted by Crippen LogP contribution is -2.32. The summed E-state index contributed by atoms with van der Waals surface area (Å²) in [6.07, 6.45) is 6.55. The molecule has 0 amide bonds. The number of likely N-dealkylation sites (N-methyl/N-ethyl adjacent to an activating group) is 1.